The van der Waals surface area contributed by atoms with E-state index in [1.807, 2.05) is 17.0 Å². The van der Waals surface area contributed by atoms with E-state index in [0.717, 1.165) is 66.4 Å². The van der Waals surface area contributed by atoms with Crippen LogP contribution >= 0.6 is 0 Å². The molecule has 0 spiro atoms. The van der Waals surface area contributed by atoms with E-state index in [0.29, 0.717) is 25.6 Å². The molecule has 148 valence electrons. The van der Waals surface area contributed by atoms with Gasteiger partial charge in [0.1, 0.15) is 0 Å². The average molecular weight is 380 g/mol. The van der Waals surface area contributed by atoms with Gasteiger partial charge in [0, 0.05) is 30.8 Å². The number of amides is 1. The molecule has 1 saturated heterocycles. The quantitative estimate of drug-likeness (QED) is 0.628. The van der Waals surface area contributed by atoms with Crippen molar-refractivity contribution >= 4 is 27.8 Å². The van der Waals surface area contributed by atoms with Crippen molar-refractivity contribution in [2.75, 3.05) is 26.3 Å². The first-order valence-corrected chi connectivity index (χ1v) is 10.3. The summed E-state index contributed by atoms with van der Waals surface area (Å²) in [7, 11) is 0. The molecule has 1 N–H and O–H groups in total. The van der Waals surface area contributed by atoms with Crippen molar-refractivity contribution in [3.8, 4) is 0 Å². The van der Waals surface area contributed by atoms with Crippen LogP contribution in [0.5, 0.6) is 0 Å². The number of fused-ring (bicyclic) bond motifs is 3. The van der Waals surface area contributed by atoms with E-state index in [4.69, 9.17) is 9.72 Å². The van der Waals surface area contributed by atoms with Crippen LogP contribution in [0.15, 0.2) is 30.6 Å². The first kappa shape index (κ1) is 18.9. The molecular formula is C22H28N4O2. The van der Waals surface area contributed by atoms with Gasteiger partial charge in [-0.2, -0.15) is 0 Å². The van der Waals surface area contributed by atoms with Crippen molar-refractivity contribution < 1.29 is 9.53 Å². The molecule has 6 nitrogen and oxygen atoms in total. The third kappa shape index (κ3) is 4.02. The highest BCUT2D eigenvalue weighted by Crippen LogP contribution is 2.30. The van der Waals surface area contributed by atoms with Crippen LogP contribution in [0.25, 0.3) is 21.9 Å². The van der Waals surface area contributed by atoms with E-state index in [1.165, 1.54) is 0 Å². The number of carbonyl (C=O) groups excluding carboxylic acids is 1. The smallest absolute Gasteiger partial charge is 0.222 e. The Morgan fingerprint density at radius 3 is 2.89 bits per heavy atom. The summed E-state index contributed by atoms with van der Waals surface area (Å²) >= 11 is 0. The minimum atomic E-state index is 0.270. The maximum atomic E-state index is 12.2. The number of nitrogens with zero attached hydrogens (tertiary/aromatic N) is 3. The lowest BCUT2D eigenvalue weighted by molar-refractivity contribution is -0.135. The Morgan fingerprint density at radius 1 is 1.21 bits per heavy atom. The van der Waals surface area contributed by atoms with Crippen molar-refractivity contribution in [1.29, 1.82) is 0 Å². The molecule has 1 aliphatic rings. The molecule has 0 saturated carbocycles. The number of hydrogen-bond acceptors (Lipinski definition) is 4. The number of nitrogens with one attached hydrogen (secondary N) is 1. The number of imidazole rings is 1. The predicted octanol–water partition coefficient (Wildman–Crippen LogP) is 4.02. The molecule has 2 aromatic heterocycles. The molecule has 3 heterocycles. The number of para-hydroxylation sites is 1. The van der Waals surface area contributed by atoms with Crippen LogP contribution in [-0.4, -0.2) is 52.1 Å². The highest BCUT2D eigenvalue weighted by molar-refractivity contribution is 6.02. The standard InChI is InChI=1S/C22H28N4O2/c1-16(7-3-2-4-10-19(27)26-11-13-28-14-12-26)20-22-21(23-15-24-22)17-8-5-6-9-18(17)25-20/h5-6,8-9,15-16H,2-4,7,10-14H2,1H3,(H,23,24). The summed E-state index contributed by atoms with van der Waals surface area (Å²) in [4.78, 5) is 26.9. The van der Waals surface area contributed by atoms with Gasteiger partial charge in [-0.1, -0.05) is 38.0 Å². The molecule has 1 unspecified atom stereocenters. The molecule has 1 aromatic carbocycles. The predicted molar refractivity (Wildman–Crippen MR) is 110 cm³/mol. The number of hydrogen-bond donors (Lipinski definition) is 1. The van der Waals surface area contributed by atoms with Gasteiger partial charge in [-0.3, -0.25) is 9.78 Å². The van der Waals surface area contributed by atoms with E-state index in [-0.39, 0.29) is 5.91 Å². The Bertz CT molecular complexity index is 946. The van der Waals surface area contributed by atoms with Gasteiger partial charge in [0.15, 0.2) is 0 Å². The van der Waals surface area contributed by atoms with Crippen LogP contribution in [0.3, 0.4) is 0 Å². The maximum absolute atomic E-state index is 12.2. The molecule has 1 aliphatic heterocycles. The summed E-state index contributed by atoms with van der Waals surface area (Å²) in [5.74, 6) is 0.620. The number of aromatic nitrogens is 3. The zero-order valence-corrected chi connectivity index (χ0v) is 16.5. The zero-order valence-electron chi connectivity index (χ0n) is 16.5. The van der Waals surface area contributed by atoms with Crippen molar-refractivity contribution in [2.24, 2.45) is 0 Å². The molecule has 0 aliphatic carbocycles. The van der Waals surface area contributed by atoms with Crippen LogP contribution < -0.4 is 0 Å². The number of morpholine rings is 1. The first-order chi connectivity index (χ1) is 13.7. The van der Waals surface area contributed by atoms with Gasteiger partial charge in [-0.25, -0.2) is 4.98 Å². The van der Waals surface area contributed by atoms with Crippen molar-refractivity contribution in [1.82, 2.24) is 19.9 Å². The van der Waals surface area contributed by atoms with Crippen molar-refractivity contribution in [3.63, 3.8) is 0 Å². The van der Waals surface area contributed by atoms with Gasteiger partial charge in [0.2, 0.25) is 5.91 Å². The average Bonchev–Trinajstić information content (AvgIpc) is 3.23. The normalized spacial score (nSPS) is 16.0. The maximum Gasteiger partial charge on any atom is 0.222 e. The lowest BCUT2D eigenvalue weighted by Crippen LogP contribution is -2.40. The number of pyridine rings is 1. The second-order valence-electron chi connectivity index (χ2n) is 7.63. The molecule has 1 fully saturated rings. The van der Waals surface area contributed by atoms with E-state index < -0.39 is 0 Å². The third-order valence-electron chi connectivity index (χ3n) is 5.65. The summed E-state index contributed by atoms with van der Waals surface area (Å²) < 4.78 is 5.31. The summed E-state index contributed by atoms with van der Waals surface area (Å²) in [5.41, 5.74) is 4.15. The molecule has 0 radical (unpaired) electrons. The number of benzene rings is 1. The molecule has 1 atom stereocenters. The summed E-state index contributed by atoms with van der Waals surface area (Å²) in [6.45, 7) is 5.05. The lowest BCUT2D eigenvalue weighted by Gasteiger charge is -2.26. The van der Waals surface area contributed by atoms with Crippen LogP contribution in [-0.2, 0) is 9.53 Å². The van der Waals surface area contributed by atoms with Gasteiger partial charge in [-0.15, -0.1) is 0 Å². The Hall–Kier alpha value is -2.47. The largest absolute Gasteiger partial charge is 0.378 e. The Morgan fingerprint density at radius 2 is 2.04 bits per heavy atom. The van der Waals surface area contributed by atoms with Crippen LogP contribution in [0.1, 0.15) is 50.6 Å². The number of unbranched alkanes of at least 4 members (excludes halogenated alkanes) is 2. The fraction of sp³-hybridized carbons (Fsp3) is 0.500. The second-order valence-corrected chi connectivity index (χ2v) is 7.63. The number of aromatic amines is 1. The van der Waals surface area contributed by atoms with Crippen molar-refractivity contribution in [2.45, 2.75) is 44.9 Å². The third-order valence-corrected chi connectivity index (χ3v) is 5.65. The van der Waals surface area contributed by atoms with Crippen molar-refractivity contribution in [3.05, 3.63) is 36.3 Å². The Kier molecular flexibility index (Phi) is 5.86. The molecule has 28 heavy (non-hydrogen) atoms. The summed E-state index contributed by atoms with van der Waals surface area (Å²) in [5, 5.41) is 1.09. The number of ether oxygens (including phenoxy) is 1. The minimum absolute atomic E-state index is 0.270. The fourth-order valence-corrected chi connectivity index (χ4v) is 4.02. The Balaban J connectivity index is 1.32. The van der Waals surface area contributed by atoms with E-state index in [2.05, 4.69) is 29.0 Å². The molecule has 1 amide bonds. The van der Waals surface area contributed by atoms with Crippen LogP contribution in [0, 0.1) is 0 Å². The van der Waals surface area contributed by atoms with Gasteiger partial charge in [0.25, 0.3) is 0 Å². The topological polar surface area (TPSA) is 71.1 Å². The SMILES string of the molecule is CC(CCCCCC(=O)N1CCOCC1)c1nc2ccccc2c2nc[nH]c12. The van der Waals surface area contributed by atoms with E-state index in [9.17, 15) is 4.79 Å². The van der Waals surface area contributed by atoms with Gasteiger partial charge in [0.05, 0.1) is 41.8 Å². The summed E-state index contributed by atoms with van der Waals surface area (Å²) in [6, 6.07) is 8.18. The molecular weight excluding hydrogens is 352 g/mol. The molecule has 3 aromatic rings. The first-order valence-electron chi connectivity index (χ1n) is 10.3. The van der Waals surface area contributed by atoms with Gasteiger partial charge in [-0.05, 0) is 18.9 Å². The molecule has 4 rings (SSSR count). The highest BCUT2D eigenvalue weighted by Gasteiger charge is 2.17. The minimum Gasteiger partial charge on any atom is -0.378 e. The fourth-order valence-electron chi connectivity index (χ4n) is 4.02. The number of H-pyrrole nitrogens is 1. The number of carbonyl (C=O) groups is 1. The highest BCUT2D eigenvalue weighted by atomic mass is 16.5. The van der Waals surface area contributed by atoms with Gasteiger partial charge < -0.3 is 14.6 Å². The Labute approximate surface area is 165 Å². The molecule has 0 bridgehead atoms. The van der Waals surface area contributed by atoms with E-state index in [1.54, 1.807) is 6.33 Å². The second kappa shape index (κ2) is 8.69. The van der Waals surface area contributed by atoms with Crippen LogP contribution in [0.2, 0.25) is 0 Å². The van der Waals surface area contributed by atoms with E-state index >= 15 is 0 Å². The number of rotatable bonds is 7. The summed E-state index contributed by atoms with van der Waals surface area (Å²) in [6.07, 6.45) is 6.58. The zero-order chi connectivity index (χ0) is 19.3. The van der Waals surface area contributed by atoms with Gasteiger partial charge >= 0.3 is 0 Å². The monoisotopic (exact) mass is 380 g/mol. The van der Waals surface area contributed by atoms with Crippen LogP contribution in [0.4, 0.5) is 0 Å². The lowest BCUT2D eigenvalue weighted by atomic mass is 9.97. The molecule has 6 heteroatoms.